The second kappa shape index (κ2) is 12.0. The highest BCUT2D eigenvalue weighted by atomic mass is 19.4. The molecule has 0 bridgehead atoms. The number of nitrogen functional groups attached to an aromatic ring is 1. The molecule has 1 aliphatic rings. The molecule has 0 aromatic heterocycles. The fourth-order valence-corrected chi connectivity index (χ4v) is 2.46. The largest absolute Gasteiger partial charge is 0.490 e. The van der Waals surface area contributed by atoms with Gasteiger partial charge in [0.25, 0.3) is 5.69 Å². The van der Waals surface area contributed by atoms with Crippen LogP contribution in [0.3, 0.4) is 0 Å². The molecule has 164 valence electrons. The lowest BCUT2D eigenvalue weighted by molar-refractivity contribution is -0.384. The van der Waals surface area contributed by atoms with Crippen molar-refractivity contribution in [3.8, 4) is 0 Å². The fourth-order valence-electron chi connectivity index (χ4n) is 2.46. The number of aliphatic carboxylic acids is 1. The summed E-state index contributed by atoms with van der Waals surface area (Å²) < 4.78 is 31.7. The average molecular weight is 422 g/mol. The average Bonchev–Trinajstić information content (AvgIpc) is 2.62. The lowest BCUT2D eigenvalue weighted by atomic mass is 10.2. The topological polar surface area (TPSA) is 146 Å². The molecule has 13 heteroatoms. The highest BCUT2D eigenvalue weighted by molar-refractivity contribution is 5.73. The third kappa shape index (κ3) is 9.40. The minimum atomic E-state index is -5.08. The van der Waals surface area contributed by atoms with Crippen LogP contribution in [0, 0.1) is 10.1 Å². The summed E-state index contributed by atoms with van der Waals surface area (Å²) in [5.41, 5.74) is 6.78. The Kier molecular flexibility index (Phi) is 10.1. The van der Waals surface area contributed by atoms with E-state index >= 15 is 0 Å². The molecule has 1 fully saturated rings. The van der Waals surface area contributed by atoms with E-state index in [1.165, 1.54) is 6.07 Å². The Hall–Kier alpha value is -2.64. The number of benzene rings is 1. The van der Waals surface area contributed by atoms with Gasteiger partial charge in [-0.1, -0.05) is 0 Å². The Morgan fingerprint density at radius 1 is 1.07 bits per heavy atom. The molecule has 2 rings (SSSR count). The van der Waals surface area contributed by atoms with E-state index in [0.717, 1.165) is 39.3 Å². The maximum Gasteiger partial charge on any atom is 0.490 e. The summed E-state index contributed by atoms with van der Waals surface area (Å²) in [5.74, 6) is -2.76. The number of halogens is 3. The third-order valence-corrected chi connectivity index (χ3v) is 3.85. The van der Waals surface area contributed by atoms with Gasteiger partial charge in [0, 0.05) is 64.1 Å². The summed E-state index contributed by atoms with van der Waals surface area (Å²) in [6.07, 6.45) is -5.08. The maximum atomic E-state index is 11.3. The van der Waals surface area contributed by atoms with Crippen molar-refractivity contribution in [3.63, 3.8) is 0 Å². The van der Waals surface area contributed by atoms with Gasteiger partial charge in [-0.15, -0.1) is 0 Å². The maximum absolute atomic E-state index is 11.3. The smallest absolute Gasteiger partial charge is 0.475 e. The summed E-state index contributed by atoms with van der Waals surface area (Å²) in [5, 5.41) is 28.4. The van der Waals surface area contributed by atoms with Gasteiger partial charge in [0.1, 0.15) is 5.69 Å². The van der Waals surface area contributed by atoms with Crippen molar-refractivity contribution in [1.82, 2.24) is 16.0 Å². The number of nitrogens with two attached hydrogens (primary N) is 1. The van der Waals surface area contributed by atoms with Crippen LogP contribution in [0.15, 0.2) is 18.2 Å². The number of nitrogens with one attached hydrogen (secondary N) is 3. The van der Waals surface area contributed by atoms with Crippen LogP contribution in [0.25, 0.3) is 0 Å². The Morgan fingerprint density at radius 2 is 1.52 bits per heavy atom. The Labute approximate surface area is 165 Å². The number of carboxylic acid groups (broad SMARTS) is 1. The van der Waals surface area contributed by atoms with E-state index in [0.29, 0.717) is 24.5 Å². The van der Waals surface area contributed by atoms with Gasteiger partial charge in [-0.25, -0.2) is 4.79 Å². The number of hydrogen-bond acceptors (Lipinski definition) is 8. The predicted molar refractivity (Wildman–Crippen MR) is 102 cm³/mol. The first-order chi connectivity index (χ1) is 13.6. The number of nitrogens with zero attached hydrogens (tertiary/aromatic N) is 2. The third-order valence-electron chi connectivity index (χ3n) is 3.85. The van der Waals surface area contributed by atoms with Crippen molar-refractivity contribution in [1.29, 1.82) is 0 Å². The summed E-state index contributed by atoms with van der Waals surface area (Å²) in [7, 11) is 0. The van der Waals surface area contributed by atoms with E-state index in [4.69, 9.17) is 15.6 Å². The highest BCUT2D eigenvalue weighted by Crippen LogP contribution is 2.29. The molecule has 1 aliphatic heterocycles. The van der Waals surface area contributed by atoms with Crippen LogP contribution < -0.4 is 26.6 Å². The Balaban J connectivity index is 0.000000516. The fraction of sp³-hybridized carbons (Fsp3) is 0.562. The minimum absolute atomic E-state index is 0.0637. The molecular formula is C16H25F3N6O4. The van der Waals surface area contributed by atoms with Gasteiger partial charge in [0.2, 0.25) is 0 Å². The van der Waals surface area contributed by atoms with Crippen molar-refractivity contribution < 1.29 is 28.0 Å². The molecule has 0 amide bonds. The number of nitro groups is 1. The SMILES string of the molecule is Nc1ccc(N2CCNCCNCCNCC2)c([N+](=O)[O-])c1.O=C(O)C(F)(F)F. The van der Waals surface area contributed by atoms with E-state index in [2.05, 4.69) is 16.0 Å². The summed E-state index contributed by atoms with van der Waals surface area (Å²) in [4.78, 5) is 21.8. The van der Waals surface area contributed by atoms with Crippen LogP contribution in [-0.4, -0.2) is 74.5 Å². The van der Waals surface area contributed by atoms with Crippen molar-refractivity contribution in [2.75, 3.05) is 63.0 Å². The number of carbonyl (C=O) groups is 1. The first-order valence-electron chi connectivity index (χ1n) is 8.84. The number of carboxylic acids is 1. The molecule has 0 unspecified atom stereocenters. The van der Waals surface area contributed by atoms with E-state index < -0.39 is 12.1 Å². The second-order valence-corrected chi connectivity index (χ2v) is 6.05. The Bertz CT molecular complexity index is 663. The van der Waals surface area contributed by atoms with Gasteiger partial charge in [-0.05, 0) is 12.1 Å². The molecule has 6 N–H and O–H groups in total. The van der Waals surface area contributed by atoms with Gasteiger partial charge in [-0.2, -0.15) is 13.2 Å². The first-order valence-corrected chi connectivity index (χ1v) is 8.84. The minimum Gasteiger partial charge on any atom is -0.475 e. The quantitative estimate of drug-likeness (QED) is 0.260. The molecule has 1 aromatic rings. The van der Waals surface area contributed by atoms with Crippen molar-refractivity contribution in [3.05, 3.63) is 28.3 Å². The van der Waals surface area contributed by atoms with Crippen LogP contribution >= 0.6 is 0 Å². The van der Waals surface area contributed by atoms with E-state index in [9.17, 15) is 23.3 Å². The van der Waals surface area contributed by atoms with Crippen LogP contribution in [0.2, 0.25) is 0 Å². The number of anilines is 2. The van der Waals surface area contributed by atoms with Gasteiger partial charge in [0.05, 0.1) is 4.92 Å². The summed E-state index contributed by atoms with van der Waals surface area (Å²) in [6, 6.07) is 4.88. The molecule has 0 aliphatic carbocycles. The molecule has 0 atom stereocenters. The zero-order valence-electron chi connectivity index (χ0n) is 15.7. The number of rotatable bonds is 2. The Morgan fingerprint density at radius 3 is 1.93 bits per heavy atom. The van der Waals surface area contributed by atoms with E-state index in [-0.39, 0.29) is 10.6 Å². The monoisotopic (exact) mass is 422 g/mol. The van der Waals surface area contributed by atoms with E-state index in [1.54, 1.807) is 12.1 Å². The molecule has 1 saturated heterocycles. The summed E-state index contributed by atoms with van der Waals surface area (Å²) in [6.45, 7) is 6.61. The van der Waals surface area contributed by atoms with Crippen LogP contribution in [-0.2, 0) is 4.79 Å². The normalized spacial score (nSPS) is 16.6. The molecule has 1 aromatic carbocycles. The van der Waals surface area contributed by atoms with Crippen molar-refractivity contribution in [2.24, 2.45) is 0 Å². The molecule has 0 radical (unpaired) electrons. The van der Waals surface area contributed by atoms with Gasteiger partial charge in [0.15, 0.2) is 0 Å². The van der Waals surface area contributed by atoms with Gasteiger partial charge < -0.3 is 31.7 Å². The zero-order valence-corrected chi connectivity index (χ0v) is 15.7. The van der Waals surface area contributed by atoms with Gasteiger partial charge in [-0.3, -0.25) is 10.1 Å². The summed E-state index contributed by atoms with van der Waals surface area (Å²) >= 11 is 0. The molecule has 10 nitrogen and oxygen atoms in total. The molecule has 0 saturated carbocycles. The molecule has 29 heavy (non-hydrogen) atoms. The highest BCUT2D eigenvalue weighted by Gasteiger charge is 2.38. The number of hydrogen-bond donors (Lipinski definition) is 5. The second-order valence-electron chi connectivity index (χ2n) is 6.05. The molecular weight excluding hydrogens is 397 g/mol. The zero-order chi connectivity index (χ0) is 21.9. The van der Waals surface area contributed by atoms with Crippen molar-refractivity contribution >= 4 is 23.0 Å². The first kappa shape index (κ1) is 24.4. The standard InChI is InChI=1S/C14H24N6O2.C2HF3O2/c15-12-1-2-13(14(11-12)20(21)22)19-9-7-17-5-3-16-4-6-18-8-10-19;3-2(4,5)1(6)7/h1-2,11,16-18H,3-10,15H2;(H,6,7). The van der Waals surface area contributed by atoms with Gasteiger partial charge >= 0.3 is 12.1 Å². The van der Waals surface area contributed by atoms with Crippen molar-refractivity contribution in [2.45, 2.75) is 6.18 Å². The predicted octanol–water partition coefficient (Wildman–Crippen LogP) is 0.399. The van der Waals surface area contributed by atoms with Crippen LogP contribution in [0.5, 0.6) is 0 Å². The number of alkyl halides is 3. The molecule has 0 spiro atoms. The van der Waals surface area contributed by atoms with Crippen LogP contribution in [0.1, 0.15) is 0 Å². The lowest BCUT2D eigenvalue weighted by Gasteiger charge is -2.25. The van der Waals surface area contributed by atoms with E-state index in [1.807, 2.05) is 4.90 Å². The van der Waals surface area contributed by atoms with Crippen LogP contribution in [0.4, 0.5) is 30.2 Å². The number of nitro benzene ring substituents is 1. The lowest BCUT2D eigenvalue weighted by Crippen LogP contribution is -2.42. The molecule has 1 heterocycles.